The summed E-state index contributed by atoms with van der Waals surface area (Å²) in [6, 6.07) is 6.17. The summed E-state index contributed by atoms with van der Waals surface area (Å²) in [5.41, 5.74) is 0.518. The predicted molar refractivity (Wildman–Crippen MR) is 62.7 cm³/mol. The molecule has 0 radical (unpaired) electrons. The molecular formula is C11H12N2O3S. The van der Waals surface area contributed by atoms with Crippen LogP contribution in [-0.4, -0.2) is 26.8 Å². The van der Waals surface area contributed by atoms with E-state index in [1.54, 1.807) is 19.1 Å². The second kappa shape index (κ2) is 3.93. The Balaban J connectivity index is 2.65. The summed E-state index contributed by atoms with van der Waals surface area (Å²) in [6.07, 6.45) is 0. The average Bonchev–Trinajstić information content (AvgIpc) is 2.28. The molecule has 1 aromatic carbocycles. The summed E-state index contributed by atoms with van der Waals surface area (Å²) in [5.74, 6) is 0.459. The second-order valence-corrected chi connectivity index (χ2v) is 5.93. The summed E-state index contributed by atoms with van der Waals surface area (Å²) in [4.78, 5) is 0.126. The molecule has 1 N–H and O–H groups in total. The standard InChI is InChI=1S/C11H12N2O3S/c1-7-11(6-12)17(14,15)10-5-8(16-2)3-4-9(10)13-7/h3-5,7,11,13H,1-2H3. The zero-order chi connectivity index (χ0) is 12.6. The van der Waals surface area contributed by atoms with Gasteiger partial charge >= 0.3 is 0 Å². The topological polar surface area (TPSA) is 79.2 Å². The third-order valence-corrected chi connectivity index (χ3v) is 4.93. The first-order valence-electron chi connectivity index (χ1n) is 5.09. The van der Waals surface area contributed by atoms with E-state index < -0.39 is 21.1 Å². The number of rotatable bonds is 1. The van der Waals surface area contributed by atoms with Gasteiger partial charge in [0, 0.05) is 6.07 Å². The fourth-order valence-electron chi connectivity index (χ4n) is 1.89. The molecule has 0 saturated heterocycles. The van der Waals surface area contributed by atoms with E-state index in [4.69, 9.17) is 10.00 Å². The lowest BCUT2D eigenvalue weighted by Gasteiger charge is -2.28. The predicted octanol–water partition coefficient (Wildman–Crippen LogP) is 1.18. The number of nitriles is 1. The molecule has 5 nitrogen and oxygen atoms in total. The number of hydrogen-bond donors (Lipinski definition) is 1. The molecule has 90 valence electrons. The molecule has 0 bridgehead atoms. The largest absolute Gasteiger partial charge is 0.497 e. The number of ether oxygens (including phenoxy) is 1. The normalized spacial score (nSPS) is 25.2. The third-order valence-electron chi connectivity index (χ3n) is 2.79. The maximum atomic E-state index is 12.2. The van der Waals surface area contributed by atoms with Crippen LogP contribution in [0.2, 0.25) is 0 Å². The first-order valence-corrected chi connectivity index (χ1v) is 6.63. The van der Waals surface area contributed by atoms with E-state index in [0.717, 1.165) is 0 Å². The van der Waals surface area contributed by atoms with E-state index in [1.807, 2.05) is 6.07 Å². The Morgan fingerprint density at radius 3 is 2.76 bits per heavy atom. The molecular weight excluding hydrogens is 240 g/mol. The van der Waals surface area contributed by atoms with Crippen LogP contribution in [0, 0.1) is 11.3 Å². The molecule has 0 spiro atoms. The van der Waals surface area contributed by atoms with Gasteiger partial charge in [-0.1, -0.05) is 0 Å². The van der Waals surface area contributed by atoms with Crippen LogP contribution in [0.15, 0.2) is 23.1 Å². The molecule has 2 unspecified atom stereocenters. The minimum atomic E-state index is -3.62. The first kappa shape index (κ1) is 11.7. The maximum absolute atomic E-state index is 12.2. The number of nitrogens with zero attached hydrogens (tertiary/aromatic N) is 1. The number of anilines is 1. The van der Waals surface area contributed by atoms with E-state index in [2.05, 4.69) is 5.32 Å². The van der Waals surface area contributed by atoms with E-state index >= 15 is 0 Å². The van der Waals surface area contributed by atoms with Gasteiger partial charge in [-0.2, -0.15) is 5.26 Å². The lowest BCUT2D eigenvalue weighted by Crippen LogP contribution is -2.40. The van der Waals surface area contributed by atoms with Gasteiger partial charge < -0.3 is 10.1 Å². The van der Waals surface area contributed by atoms with Gasteiger partial charge in [0.1, 0.15) is 5.75 Å². The minimum Gasteiger partial charge on any atom is -0.497 e. The van der Waals surface area contributed by atoms with Gasteiger partial charge in [0.2, 0.25) is 0 Å². The van der Waals surface area contributed by atoms with Gasteiger partial charge in [0.25, 0.3) is 0 Å². The number of hydrogen-bond acceptors (Lipinski definition) is 5. The van der Waals surface area contributed by atoms with Gasteiger partial charge in [0.05, 0.1) is 29.8 Å². The van der Waals surface area contributed by atoms with E-state index in [-0.39, 0.29) is 4.90 Å². The highest BCUT2D eigenvalue weighted by atomic mass is 32.2. The van der Waals surface area contributed by atoms with Gasteiger partial charge in [0.15, 0.2) is 15.1 Å². The van der Waals surface area contributed by atoms with Gasteiger partial charge in [-0.3, -0.25) is 0 Å². The Morgan fingerprint density at radius 1 is 1.47 bits per heavy atom. The van der Waals surface area contributed by atoms with Crippen LogP contribution in [-0.2, 0) is 9.84 Å². The lowest BCUT2D eigenvalue weighted by molar-refractivity contribution is 0.413. The van der Waals surface area contributed by atoms with Crippen molar-refractivity contribution >= 4 is 15.5 Å². The van der Waals surface area contributed by atoms with E-state index in [0.29, 0.717) is 11.4 Å². The molecule has 1 aromatic rings. The van der Waals surface area contributed by atoms with Crippen LogP contribution in [0.1, 0.15) is 6.92 Å². The lowest BCUT2D eigenvalue weighted by atomic mass is 10.2. The molecule has 2 atom stereocenters. The van der Waals surface area contributed by atoms with Crippen molar-refractivity contribution in [3.8, 4) is 11.8 Å². The fourth-order valence-corrected chi connectivity index (χ4v) is 3.62. The van der Waals surface area contributed by atoms with Crippen molar-refractivity contribution in [3.05, 3.63) is 18.2 Å². The maximum Gasteiger partial charge on any atom is 0.198 e. The zero-order valence-electron chi connectivity index (χ0n) is 9.47. The molecule has 6 heteroatoms. The number of benzene rings is 1. The number of fused-ring (bicyclic) bond motifs is 1. The average molecular weight is 252 g/mol. The second-order valence-electron chi connectivity index (χ2n) is 3.89. The quantitative estimate of drug-likeness (QED) is 0.811. The highest BCUT2D eigenvalue weighted by molar-refractivity contribution is 7.92. The Morgan fingerprint density at radius 2 is 2.18 bits per heavy atom. The Bertz CT molecular complexity index is 589. The fraction of sp³-hybridized carbons (Fsp3) is 0.364. The molecule has 0 fully saturated rings. The number of sulfone groups is 1. The molecule has 0 aliphatic carbocycles. The van der Waals surface area contributed by atoms with Crippen molar-refractivity contribution < 1.29 is 13.2 Å². The smallest absolute Gasteiger partial charge is 0.198 e. The third kappa shape index (κ3) is 1.72. The Labute approximate surface area is 99.9 Å². The highest BCUT2D eigenvalue weighted by Gasteiger charge is 2.39. The van der Waals surface area contributed by atoms with E-state index in [9.17, 15) is 8.42 Å². The SMILES string of the molecule is COc1ccc2c(c1)S(=O)(=O)C(C#N)C(C)N2. The summed E-state index contributed by atoms with van der Waals surface area (Å²) in [5, 5.41) is 10.9. The van der Waals surface area contributed by atoms with Crippen molar-refractivity contribution in [3.63, 3.8) is 0 Å². The molecule has 1 aliphatic rings. The van der Waals surface area contributed by atoms with Crippen molar-refractivity contribution in [2.75, 3.05) is 12.4 Å². The summed E-state index contributed by atoms with van der Waals surface area (Å²) in [7, 11) is -2.15. The molecule has 17 heavy (non-hydrogen) atoms. The molecule has 2 rings (SSSR count). The van der Waals surface area contributed by atoms with Crippen LogP contribution >= 0.6 is 0 Å². The first-order chi connectivity index (χ1) is 8.00. The molecule has 1 heterocycles. The van der Waals surface area contributed by atoms with Gasteiger partial charge in [-0.05, 0) is 19.1 Å². The summed E-state index contributed by atoms with van der Waals surface area (Å²) in [6.45, 7) is 1.68. The molecule has 0 amide bonds. The molecule has 1 aliphatic heterocycles. The van der Waals surface area contributed by atoms with Crippen molar-refractivity contribution in [1.29, 1.82) is 5.26 Å². The van der Waals surface area contributed by atoms with Gasteiger partial charge in [-0.25, -0.2) is 8.42 Å². The summed E-state index contributed by atoms with van der Waals surface area (Å²) >= 11 is 0. The number of methoxy groups -OCH3 is 1. The highest BCUT2D eigenvalue weighted by Crippen LogP contribution is 2.34. The molecule has 0 aromatic heterocycles. The van der Waals surface area contributed by atoms with Crippen LogP contribution in [0.25, 0.3) is 0 Å². The monoisotopic (exact) mass is 252 g/mol. The van der Waals surface area contributed by atoms with Crippen LogP contribution in [0.3, 0.4) is 0 Å². The van der Waals surface area contributed by atoms with Crippen molar-refractivity contribution in [2.24, 2.45) is 0 Å². The Hall–Kier alpha value is -1.74. The molecule has 0 saturated carbocycles. The number of nitrogens with one attached hydrogen (secondary N) is 1. The van der Waals surface area contributed by atoms with E-state index in [1.165, 1.54) is 13.2 Å². The van der Waals surface area contributed by atoms with Crippen LogP contribution in [0.4, 0.5) is 5.69 Å². The summed E-state index contributed by atoms with van der Waals surface area (Å²) < 4.78 is 29.4. The zero-order valence-corrected chi connectivity index (χ0v) is 10.3. The Kier molecular flexibility index (Phi) is 2.71. The van der Waals surface area contributed by atoms with Crippen LogP contribution in [0.5, 0.6) is 5.75 Å². The van der Waals surface area contributed by atoms with Gasteiger partial charge in [-0.15, -0.1) is 0 Å². The van der Waals surface area contributed by atoms with Crippen LogP contribution < -0.4 is 10.1 Å². The van der Waals surface area contributed by atoms with Crippen molar-refractivity contribution in [1.82, 2.24) is 0 Å². The van der Waals surface area contributed by atoms with Crippen molar-refractivity contribution in [2.45, 2.75) is 23.1 Å². The minimum absolute atomic E-state index is 0.126.